The van der Waals surface area contributed by atoms with E-state index in [1.54, 1.807) is 0 Å². The number of hydrogen-bond donors (Lipinski definition) is 3. The number of nitrogens with two attached hydrogens (primary N) is 1. The van der Waals surface area contributed by atoms with Crippen LogP contribution in [0.5, 0.6) is 0 Å². The zero-order valence-corrected chi connectivity index (χ0v) is 10.6. The summed E-state index contributed by atoms with van der Waals surface area (Å²) in [5.74, 6) is -0.938. The first kappa shape index (κ1) is 12.3. The molecule has 0 bridgehead atoms. The molecular formula is C11H12BrFN2O2. The van der Waals surface area contributed by atoms with Crippen LogP contribution in [0.1, 0.15) is 23.2 Å². The van der Waals surface area contributed by atoms with Crippen molar-refractivity contribution in [3.05, 3.63) is 28.0 Å². The Morgan fingerprint density at radius 2 is 2.24 bits per heavy atom. The maximum absolute atomic E-state index is 13.1. The van der Waals surface area contributed by atoms with Gasteiger partial charge in [-0.05, 0) is 40.9 Å². The van der Waals surface area contributed by atoms with Crippen LogP contribution in [0.4, 0.5) is 10.1 Å². The van der Waals surface area contributed by atoms with Crippen LogP contribution in [0, 0.1) is 5.82 Å². The first-order valence-corrected chi connectivity index (χ1v) is 5.95. The van der Waals surface area contributed by atoms with Gasteiger partial charge in [-0.2, -0.15) is 0 Å². The standard InChI is InChI=1S/C11H12BrFN2O2/c12-7-4-8(13)9(14)3-6(7)10(17)15-11(5-16)1-2-11/h3-4,16H,1-2,5,14H2,(H,15,17). The van der Waals surface area contributed by atoms with Crippen LogP contribution in [0.3, 0.4) is 0 Å². The number of nitrogens with one attached hydrogen (secondary N) is 1. The molecule has 0 unspecified atom stereocenters. The molecule has 1 aliphatic rings. The van der Waals surface area contributed by atoms with Gasteiger partial charge >= 0.3 is 0 Å². The Morgan fingerprint density at radius 3 is 2.76 bits per heavy atom. The van der Waals surface area contributed by atoms with Crippen LogP contribution in [0.2, 0.25) is 0 Å². The first-order chi connectivity index (χ1) is 7.97. The quantitative estimate of drug-likeness (QED) is 0.739. The molecule has 17 heavy (non-hydrogen) atoms. The molecule has 1 aromatic rings. The molecule has 0 atom stereocenters. The summed E-state index contributed by atoms with van der Waals surface area (Å²) in [4.78, 5) is 11.9. The van der Waals surface area contributed by atoms with Gasteiger partial charge in [0, 0.05) is 4.47 Å². The number of halogens is 2. The van der Waals surface area contributed by atoms with Crippen molar-refractivity contribution in [3.63, 3.8) is 0 Å². The summed E-state index contributed by atoms with van der Waals surface area (Å²) in [5.41, 5.74) is 5.10. The molecule has 0 aliphatic heterocycles. The summed E-state index contributed by atoms with van der Waals surface area (Å²) in [5, 5.41) is 11.8. The van der Waals surface area contributed by atoms with Crippen LogP contribution < -0.4 is 11.1 Å². The number of benzene rings is 1. The molecular weight excluding hydrogens is 291 g/mol. The second-order valence-electron chi connectivity index (χ2n) is 4.25. The average molecular weight is 303 g/mol. The van der Waals surface area contributed by atoms with Gasteiger partial charge in [-0.3, -0.25) is 4.79 Å². The molecule has 4 nitrogen and oxygen atoms in total. The number of hydrogen-bond acceptors (Lipinski definition) is 3. The molecule has 92 valence electrons. The third-order valence-electron chi connectivity index (χ3n) is 2.87. The van der Waals surface area contributed by atoms with E-state index in [1.807, 2.05) is 0 Å². The fourth-order valence-corrected chi connectivity index (χ4v) is 2.02. The zero-order valence-electron chi connectivity index (χ0n) is 8.96. The van der Waals surface area contributed by atoms with Crippen molar-refractivity contribution in [2.75, 3.05) is 12.3 Å². The minimum atomic E-state index is -0.572. The van der Waals surface area contributed by atoms with Crippen molar-refractivity contribution >= 4 is 27.5 Å². The predicted molar refractivity (Wildman–Crippen MR) is 65.0 cm³/mol. The van der Waals surface area contributed by atoms with E-state index in [0.29, 0.717) is 4.47 Å². The molecule has 0 radical (unpaired) electrons. The van der Waals surface area contributed by atoms with Crippen molar-refractivity contribution in [2.24, 2.45) is 0 Å². The Balaban J connectivity index is 2.22. The molecule has 1 aliphatic carbocycles. The van der Waals surface area contributed by atoms with Gasteiger partial charge in [0.05, 0.1) is 23.4 Å². The van der Waals surface area contributed by atoms with Crippen molar-refractivity contribution in [3.8, 4) is 0 Å². The van der Waals surface area contributed by atoms with Crippen LogP contribution >= 0.6 is 15.9 Å². The van der Waals surface area contributed by atoms with Gasteiger partial charge in [0.15, 0.2) is 0 Å². The third-order valence-corrected chi connectivity index (χ3v) is 3.52. The number of carbonyl (C=O) groups is 1. The Morgan fingerprint density at radius 1 is 1.59 bits per heavy atom. The molecule has 1 fully saturated rings. The minimum absolute atomic E-state index is 0.0767. The summed E-state index contributed by atoms with van der Waals surface area (Å²) in [7, 11) is 0. The van der Waals surface area contributed by atoms with Gasteiger partial charge < -0.3 is 16.2 Å². The average Bonchev–Trinajstić information content (AvgIpc) is 3.04. The number of aliphatic hydroxyl groups excluding tert-OH is 1. The number of anilines is 1. The molecule has 0 aromatic heterocycles. The maximum atomic E-state index is 13.1. The van der Waals surface area contributed by atoms with Crippen LogP contribution in [-0.4, -0.2) is 23.2 Å². The predicted octanol–water partition coefficient (Wildman–Crippen LogP) is 1.43. The normalized spacial score (nSPS) is 16.6. The summed E-state index contributed by atoms with van der Waals surface area (Å²) in [6.07, 6.45) is 1.51. The molecule has 1 saturated carbocycles. The van der Waals surface area contributed by atoms with E-state index in [-0.39, 0.29) is 23.8 Å². The summed E-state index contributed by atoms with van der Waals surface area (Å²) < 4.78 is 13.5. The van der Waals surface area contributed by atoms with E-state index in [1.165, 1.54) is 6.07 Å². The topological polar surface area (TPSA) is 75.4 Å². The molecule has 6 heteroatoms. The fourth-order valence-electron chi connectivity index (χ4n) is 1.52. The molecule has 4 N–H and O–H groups in total. The van der Waals surface area contributed by atoms with Crippen molar-refractivity contribution in [1.29, 1.82) is 0 Å². The van der Waals surface area contributed by atoms with E-state index in [4.69, 9.17) is 10.8 Å². The second-order valence-corrected chi connectivity index (χ2v) is 5.10. The zero-order chi connectivity index (χ0) is 12.6. The number of aliphatic hydroxyl groups is 1. The van der Waals surface area contributed by atoms with Crippen LogP contribution in [0.15, 0.2) is 16.6 Å². The highest BCUT2D eigenvalue weighted by molar-refractivity contribution is 9.10. The van der Waals surface area contributed by atoms with Gasteiger partial charge in [-0.25, -0.2) is 4.39 Å². The second kappa shape index (κ2) is 4.27. The van der Waals surface area contributed by atoms with E-state index < -0.39 is 11.4 Å². The van der Waals surface area contributed by atoms with Crippen LogP contribution in [0.25, 0.3) is 0 Å². The largest absolute Gasteiger partial charge is 0.396 e. The third kappa shape index (κ3) is 2.42. The van der Waals surface area contributed by atoms with Gasteiger partial charge in [0.1, 0.15) is 5.82 Å². The van der Waals surface area contributed by atoms with E-state index in [9.17, 15) is 9.18 Å². The van der Waals surface area contributed by atoms with E-state index in [2.05, 4.69) is 21.2 Å². The van der Waals surface area contributed by atoms with Gasteiger partial charge in [0.25, 0.3) is 5.91 Å². The number of nitrogen functional groups attached to an aromatic ring is 1. The summed E-state index contributed by atoms with van der Waals surface area (Å²) in [6.45, 7) is -0.0902. The van der Waals surface area contributed by atoms with Gasteiger partial charge in [0.2, 0.25) is 0 Å². The highest BCUT2D eigenvalue weighted by Crippen LogP contribution is 2.35. The Kier molecular flexibility index (Phi) is 3.09. The van der Waals surface area contributed by atoms with Gasteiger partial charge in [-0.1, -0.05) is 0 Å². The smallest absolute Gasteiger partial charge is 0.253 e. The molecule has 0 saturated heterocycles. The number of amides is 1. The van der Waals surface area contributed by atoms with Crippen molar-refractivity contribution in [1.82, 2.24) is 5.32 Å². The number of rotatable bonds is 3. The molecule has 1 aromatic carbocycles. The molecule has 0 spiro atoms. The monoisotopic (exact) mass is 302 g/mol. The lowest BCUT2D eigenvalue weighted by atomic mass is 10.1. The highest BCUT2D eigenvalue weighted by Gasteiger charge is 2.43. The lowest BCUT2D eigenvalue weighted by Crippen LogP contribution is -2.39. The SMILES string of the molecule is Nc1cc(C(=O)NC2(CO)CC2)c(Br)cc1F. The first-order valence-electron chi connectivity index (χ1n) is 5.15. The van der Waals surface area contributed by atoms with Gasteiger partial charge in [-0.15, -0.1) is 0 Å². The Hall–Kier alpha value is -1.14. The minimum Gasteiger partial charge on any atom is -0.396 e. The molecule has 2 rings (SSSR count). The maximum Gasteiger partial charge on any atom is 0.253 e. The Bertz CT molecular complexity index is 475. The van der Waals surface area contributed by atoms with Crippen molar-refractivity contribution < 1.29 is 14.3 Å². The van der Waals surface area contributed by atoms with E-state index in [0.717, 1.165) is 18.9 Å². The lowest BCUT2D eigenvalue weighted by Gasteiger charge is -2.15. The fraction of sp³-hybridized carbons (Fsp3) is 0.364. The lowest BCUT2D eigenvalue weighted by molar-refractivity contribution is 0.0906. The molecule has 1 amide bonds. The summed E-state index contributed by atoms with van der Waals surface area (Å²) >= 11 is 3.11. The highest BCUT2D eigenvalue weighted by atomic mass is 79.9. The van der Waals surface area contributed by atoms with E-state index >= 15 is 0 Å². The van der Waals surface area contributed by atoms with Crippen molar-refractivity contribution in [2.45, 2.75) is 18.4 Å². The summed E-state index contributed by atoms with van der Waals surface area (Å²) in [6, 6.07) is 2.44. The van der Waals surface area contributed by atoms with Crippen LogP contribution in [-0.2, 0) is 0 Å². The molecule has 0 heterocycles. The number of carbonyl (C=O) groups excluding carboxylic acids is 1. The Labute approximate surface area is 106 Å².